The van der Waals surface area contributed by atoms with Crippen LogP contribution < -0.4 is 0 Å². The molecule has 0 aliphatic carbocycles. The fraction of sp³-hybridized carbons (Fsp3) is 0.200. The van der Waals surface area contributed by atoms with E-state index in [2.05, 4.69) is 13.2 Å². The van der Waals surface area contributed by atoms with Crippen molar-refractivity contribution in [3.63, 3.8) is 0 Å². The lowest BCUT2D eigenvalue weighted by Gasteiger charge is -1.92. The van der Waals surface area contributed by atoms with Crippen LogP contribution in [0.2, 0.25) is 0 Å². The van der Waals surface area contributed by atoms with E-state index in [1.54, 1.807) is 30.4 Å². The van der Waals surface area contributed by atoms with Crippen molar-refractivity contribution in [1.29, 1.82) is 0 Å². The minimum Gasteiger partial charge on any atom is -0.428 e. The van der Waals surface area contributed by atoms with Crippen molar-refractivity contribution < 1.29 is 3.07 Å². The van der Waals surface area contributed by atoms with E-state index in [1.165, 1.54) is 0 Å². The maximum atomic E-state index is 4.92. The van der Waals surface area contributed by atoms with Gasteiger partial charge in [0.2, 0.25) is 0 Å². The predicted octanol–water partition coefficient (Wildman–Crippen LogP) is 4.19. The molecule has 0 aromatic carbocycles. The minimum absolute atomic E-state index is 0.760. The first-order valence-corrected chi connectivity index (χ1v) is 4.63. The van der Waals surface area contributed by atoms with Crippen molar-refractivity contribution in [2.45, 2.75) is 13.8 Å². The van der Waals surface area contributed by atoms with Crippen LogP contribution in [0, 0.1) is 0 Å². The third kappa shape index (κ3) is 9.49. The summed E-state index contributed by atoms with van der Waals surface area (Å²) in [6.07, 6.45) is 8.73. The maximum Gasteiger partial charge on any atom is 0.192 e. The van der Waals surface area contributed by atoms with Crippen LogP contribution in [0.3, 0.4) is 0 Å². The molecule has 68 valence electrons. The molecule has 0 rings (SSSR count). The summed E-state index contributed by atoms with van der Waals surface area (Å²) in [6, 6.07) is 0. The van der Waals surface area contributed by atoms with E-state index in [4.69, 9.17) is 3.07 Å². The van der Waals surface area contributed by atoms with Crippen molar-refractivity contribution in [3.05, 3.63) is 49.3 Å². The predicted molar refractivity (Wildman–Crippen MR) is 64.1 cm³/mol. The molecule has 0 amide bonds. The lowest BCUT2D eigenvalue weighted by atomic mass is 10.4. The summed E-state index contributed by atoms with van der Waals surface area (Å²) < 4.78 is 4.92. The summed E-state index contributed by atoms with van der Waals surface area (Å²) in [6.45, 7) is 11.1. The van der Waals surface area contributed by atoms with Gasteiger partial charge in [-0.3, -0.25) is 0 Å². The molecule has 0 heterocycles. The second-order valence-electron chi connectivity index (χ2n) is 1.48. The van der Waals surface area contributed by atoms with E-state index >= 15 is 0 Å². The maximum absolute atomic E-state index is 4.92. The number of hydrogen-bond donors (Lipinski definition) is 0. The molecule has 0 aliphatic heterocycles. The van der Waals surface area contributed by atoms with Crippen LogP contribution in [0.15, 0.2) is 49.3 Å². The highest BCUT2D eigenvalue weighted by molar-refractivity contribution is 14.1. The van der Waals surface area contributed by atoms with Gasteiger partial charge in [0, 0.05) is 0 Å². The van der Waals surface area contributed by atoms with Gasteiger partial charge in [0.05, 0.1) is 0 Å². The second-order valence-corrected chi connectivity index (χ2v) is 1.92. The Hall–Kier alpha value is -0.510. The monoisotopic (exact) mass is 278 g/mol. The summed E-state index contributed by atoms with van der Waals surface area (Å²) in [5, 5.41) is 0. The average molecular weight is 278 g/mol. The normalized spacial score (nSPS) is 10.1. The Morgan fingerprint density at radius 3 is 2.17 bits per heavy atom. The molecule has 0 aromatic heterocycles. The molecule has 0 fully saturated rings. The topological polar surface area (TPSA) is 9.23 Å². The Kier molecular flexibility index (Phi) is 15.3. The van der Waals surface area contributed by atoms with Gasteiger partial charge in [-0.1, -0.05) is 45.2 Å². The van der Waals surface area contributed by atoms with Gasteiger partial charge < -0.3 is 3.07 Å². The summed E-state index contributed by atoms with van der Waals surface area (Å²) in [5.41, 5.74) is 0. The van der Waals surface area contributed by atoms with Crippen LogP contribution in [-0.2, 0) is 3.07 Å². The van der Waals surface area contributed by atoms with Gasteiger partial charge in [-0.15, -0.1) is 0 Å². The zero-order valence-corrected chi connectivity index (χ0v) is 9.74. The van der Waals surface area contributed by atoms with Gasteiger partial charge in [-0.05, 0) is 12.2 Å². The number of halogens is 1. The minimum atomic E-state index is 0.760. The lowest BCUT2D eigenvalue weighted by molar-refractivity contribution is 0.588. The second kappa shape index (κ2) is 13.1. The molecule has 12 heavy (non-hydrogen) atoms. The Labute approximate surface area is 89.2 Å². The molecule has 0 N–H and O–H groups in total. The van der Waals surface area contributed by atoms with E-state index in [0.717, 1.165) is 5.76 Å². The molecule has 2 heteroatoms. The zero-order chi connectivity index (χ0) is 9.82. The molecule has 0 radical (unpaired) electrons. The number of allylic oxidation sites excluding steroid dienone is 5. The van der Waals surface area contributed by atoms with Gasteiger partial charge in [0.15, 0.2) is 23.0 Å². The highest BCUT2D eigenvalue weighted by atomic mass is 127. The summed E-state index contributed by atoms with van der Waals surface area (Å²) >= 11 is 1.81. The molecule has 0 saturated heterocycles. The van der Waals surface area contributed by atoms with Gasteiger partial charge in [-0.25, -0.2) is 0 Å². The van der Waals surface area contributed by atoms with E-state index in [1.807, 2.05) is 36.9 Å². The fourth-order valence-corrected chi connectivity index (χ4v) is 0.680. The van der Waals surface area contributed by atoms with E-state index in [9.17, 15) is 0 Å². The number of hydrogen-bond acceptors (Lipinski definition) is 1. The van der Waals surface area contributed by atoms with Crippen LogP contribution >= 0.6 is 23.0 Å². The van der Waals surface area contributed by atoms with Crippen molar-refractivity contribution in [1.82, 2.24) is 0 Å². The molecule has 0 aromatic rings. The molecule has 0 atom stereocenters. The highest BCUT2D eigenvalue weighted by Gasteiger charge is 1.83. The van der Waals surface area contributed by atoms with Gasteiger partial charge in [0.1, 0.15) is 5.76 Å². The third-order valence-electron chi connectivity index (χ3n) is 0.768. The quantitative estimate of drug-likeness (QED) is 0.425. The van der Waals surface area contributed by atoms with Crippen LogP contribution in [0.5, 0.6) is 0 Å². The number of rotatable bonds is 4. The van der Waals surface area contributed by atoms with Crippen molar-refractivity contribution in [2.75, 3.05) is 0 Å². The Balaban J connectivity index is 0. The van der Waals surface area contributed by atoms with Crippen LogP contribution in [0.25, 0.3) is 0 Å². The van der Waals surface area contributed by atoms with Gasteiger partial charge in [0.25, 0.3) is 0 Å². The largest absolute Gasteiger partial charge is 0.428 e. The van der Waals surface area contributed by atoms with Gasteiger partial charge in [-0.2, -0.15) is 0 Å². The standard InChI is InChI=1S/C8H9IO.C2H6/c1-3-5-7-8(10-9)6-4-2;1-2/h3-7H,1-2H2;1-2H3/b7-5-,8-6+;. The Bertz CT molecular complexity index is 169. The highest BCUT2D eigenvalue weighted by Crippen LogP contribution is 2.04. The van der Waals surface area contributed by atoms with E-state index in [-0.39, 0.29) is 0 Å². The fourth-order valence-electron chi connectivity index (χ4n) is 0.386. The van der Waals surface area contributed by atoms with Crippen LogP contribution in [0.1, 0.15) is 13.8 Å². The molecular weight excluding hydrogens is 263 g/mol. The zero-order valence-electron chi connectivity index (χ0n) is 7.59. The van der Waals surface area contributed by atoms with Gasteiger partial charge >= 0.3 is 0 Å². The first kappa shape index (κ1) is 14.0. The summed E-state index contributed by atoms with van der Waals surface area (Å²) in [7, 11) is 0. The summed E-state index contributed by atoms with van der Waals surface area (Å²) in [5.74, 6) is 0.760. The Morgan fingerprint density at radius 2 is 1.83 bits per heavy atom. The van der Waals surface area contributed by atoms with Crippen molar-refractivity contribution in [2.24, 2.45) is 0 Å². The average Bonchev–Trinajstić information content (AvgIpc) is 2.15. The van der Waals surface area contributed by atoms with E-state index in [0.29, 0.717) is 0 Å². The summed E-state index contributed by atoms with van der Waals surface area (Å²) in [4.78, 5) is 0. The van der Waals surface area contributed by atoms with Crippen LogP contribution in [0.4, 0.5) is 0 Å². The molecule has 0 unspecified atom stereocenters. The molecule has 0 bridgehead atoms. The molecule has 1 nitrogen and oxygen atoms in total. The molecule has 0 saturated carbocycles. The SMILES string of the molecule is C=C/C=C\C(=C/C=C)OI.CC. The smallest absolute Gasteiger partial charge is 0.192 e. The van der Waals surface area contributed by atoms with Crippen LogP contribution in [-0.4, -0.2) is 0 Å². The van der Waals surface area contributed by atoms with Crippen molar-refractivity contribution in [3.8, 4) is 0 Å². The lowest BCUT2D eigenvalue weighted by Crippen LogP contribution is -1.72. The Morgan fingerprint density at radius 1 is 1.25 bits per heavy atom. The molecule has 0 aliphatic rings. The molecular formula is C10H15IO. The third-order valence-corrected chi connectivity index (χ3v) is 1.28. The van der Waals surface area contributed by atoms with E-state index < -0.39 is 0 Å². The van der Waals surface area contributed by atoms with Crippen molar-refractivity contribution >= 4 is 23.0 Å². The first-order valence-electron chi connectivity index (χ1n) is 3.75. The first-order chi connectivity index (χ1) is 5.85. The molecule has 0 spiro atoms.